The van der Waals surface area contributed by atoms with Crippen molar-refractivity contribution < 1.29 is 4.42 Å². The second kappa shape index (κ2) is 12.8. The fraction of sp³-hybridized carbons (Fsp3) is 0. The first-order chi connectivity index (χ1) is 25.9. The van der Waals surface area contributed by atoms with E-state index >= 15 is 0 Å². The van der Waals surface area contributed by atoms with Crippen LogP contribution in [0.2, 0.25) is 0 Å². The van der Waals surface area contributed by atoms with Crippen LogP contribution in [0.25, 0.3) is 87.4 Å². The Kier molecular flexibility index (Phi) is 8.24. The molecule has 226 valence electrons. The Bertz CT molecular complexity index is 2940. The summed E-state index contributed by atoms with van der Waals surface area (Å²) in [6.45, 7) is 0. The normalized spacial score (nSPS) is 11.7. The molecule has 0 unspecified atom stereocenters. The number of furan rings is 1. The first kappa shape index (κ1) is 34.7. The van der Waals surface area contributed by atoms with Gasteiger partial charge >= 0.3 is 0 Å². The van der Waals surface area contributed by atoms with Gasteiger partial charge in [0.15, 0.2) is 17.5 Å². The van der Waals surface area contributed by atoms with E-state index in [0.29, 0.717) is 11.1 Å². The Hall–Kier alpha value is -5.00. The van der Waals surface area contributed by atoms with E-state index in [1.54, 1.807) is 11.3 Å². The molecule has 9 aromatic rings. The van der Waals surface area contributed by atoms with Crippen molar-refractivity contribution in [1.29, 1.82) is 0 Å². The number of nitrogens with zero attached hydrogens (tertiary/aromatic N) is 3. The van der Waals surface area contributed by atoms with E-state index in [0.717, 1.165) is 27.5 Å². The van der Waals surface area contributed by atoms with Gasteiger partial charge in [0.05, 0.1) is 0 Å². The zero-order chi connectivity index (χ0) is 37.7. The fourth-order valence-electron chi connectivity index (χ4n) is 6.97. The Morgan fingerprint density at radius 3 is 1.57 bits per heavy atom. The molecule has 54 heavy (non-hydrogen) atoms. The van der Waals surface area contributed by atoms with Crippen LogP contribution in [0, 0.1) is 0 Å². The largest absolute Gasteiger partial charge is 0.456 e. The molecule has 4 nitrogen and oxygen atoms in total. The van der Waals surface area contributed by atoms with Gasteiger partial charge in [-0.2, -0.15) is 0 Å². The fourth-order valence-corrected chi connectivity index (χ4v) is 8.21. The number of benzene rings is 6. The lowest BCUT2D eigenvalue weighted by atomic mass is 9.60. The standard InChI is InChI=1S/C39H13B10N3OS/c40-26-24(27(41)31(45)34(48)30(26)44)38-50-37(51-39(52-38)25-28(42)32(46)35(49)33(47)29(25)43)15-9-11-21-20(12-15)17-10-8-14(13-22(17)53-21)16-5-3-6-19-18-4-1-2-7-23(18)54-36(16)19/h1-13H. The summed E-state index contributed by atoms with van der Waals surface area (Å²) in [5, 5.41) is 4.19. The zero-order valence-electron chi connectivity index (χ0n) is 28.4. The van der Waals surface area contributed by atoms with Crippen LogP contribution in [0.5, 0.6) is 0 Å². The van der Waals surface area contributed by atoms with Crippen molar-refractivity contribution in [2.24, 2.45) is 0 Å². The average Bonchev–Trinajstić information content (AvgIpc) is 3.75. The highest BCUT2D eigenvalue weighted by molar-refractivity contribution is 7.26. The van der Waals surface area contributed by atoms with Crippen LogP contribution in [-0.2, 0) is 0 Å². The van der Waals surface area contributed by atoms with Crippen molar-refractivity contribution in [1.82, 2.24) is 15.0 Å². The van der Waals surface area contributed by atoms with Crippen LogP contribution in [-0.4, -0.2) is 93.4 Å². The number of rotatable bonds is 4. The van der Waals surface area contributed by atoms with E-state index in [1.807, 2.05) is 18.2 Å². The lowest BCUT2D eigenvalue weighted by molar-refractivity contribution is 0.669. The Morgan fingerprint density at radius 1 is 0.407 bits per heavy atom. The molecule has 0 atom stereocenters. The van der Waals surface area contributed by atoms with Gasteiger partial charge < -0.3 is 4.42 Å². The molecule has 0 saturated carbocycles. The van der Waals surface area contributed by atoms with Crippen LogP contribution in [0.3, 0.4) is 0 Å². The summed E-state index contributed by atoms with van der Waals surface area (Å²) in [5.41, 5.74) is 4.72. The third-order valence-electron chi connectivity index (χ3n) is 9.93. The van der Waals surface area contributed by atoms with Gasteiger partial charge in [-0.3, -0.25) is 0 Å². The summed E-state index contributed by atoms with van der Waals surface area (Å²) < 4.78 is 8.86. The van der Waals surface area contributed by atoms with Gasteiger partial charge in [0.2, 0.25) is 0 Å². The molecular formula is C39H13B10N3OS. The predicted octanol–water partition coefficient (Wildman–Crippen LogP) is -1.26. The lowest BCUT2D eigenvalue weighted by Crippen LogP contribution is -2.55. The summed E-state index contributed by atoms with van der Waals surface area (Å²) in [5.74, 6) is 0.251. The Labute approximate surface area is 328 Å². The second-order valence-electron chi connectivity index (χ2n) is 13.0. The van der Waals surface area contributed by atoms with E-state index in [9.17, 15) is 0 Å². The maximum absolute atomic E-state index is 6.46. The SMILES string of the molecule is [B]c1c([B])c([B])c(-c2nc(-c3ccc4oc5cc(-c6cccc7c6sc6ccccc67)ccc5c4c3)nc(-c3c([B])c([B])c([B])c([B])c3[B])n2)c([B])c1[B]. The van der Waals surface area contributed by atoms with E-state index in [1.165, 1.54) is 20.2 Å². The molecule has 0 amide bonds. The highest BCUT2D eigenvalue weighted by Crippen LogP contribution is 2.41. The van der Waals surface area contributed by atoms with Gasteiger partial charge in [0.1, 0.15) is 89.6 Å². The number of fused-ring (bicyclic) bond motifs is 6. The molecule has 9 rings (SSSR count). The van der Waals surface area contributed by atoms with Crippen LogP contribution < -0.4 is 54.6 Å². The summed E-state index contributed by atoms with van der Waals surface area (Å²) in [6.07, 6.45) is 0. The molecule has 20 radical (unpaired) electrons. The molecule has 0 aliphatic carbocycles. The van der Waals surface area contributed by atoms with Crippen molar-refractivity contribution in [2.75, 3.05) is 0 Å². The third-order valence-corrected chi connectivity index (χ3v) is 11.1. The van der Waals surface area contributed by atoms with Crippen molar-refractivity contribution in [2.45, 2.75) is 0 Å². The molecule has 3 aromatic heterocycles. The molecule has 0 aliphatic rings. The monoisotopic (exact) mass is 681 g/mol. The summed E-state index contributed by atoms with van der Waals surface area (Å²) in [4.78, 5) is 14.3. The van der Waals surface area contributed by atoms with Crippen LogP contribution in [0.4, 0.5) is 0 Å². The maximum Gasteiger partial charge on any atom is 0.164 e. The molecule has 0 aliphatic heterocycles. The number of hydrogen-bond acceptors (Lipinski definition) is 5. The van der Waals surface area contributed by atoms with Gasteiger partial charge in [-0.25, -0.2) is 15.0 Å². The number of thiophene rings is 1. The molecular weight excluding hydrogens is 667 g/mol. The molecule has 0 fully saturated rings. The average molecular weight is 680 g/mol. The summed E-state index contributed by atoms with van der Waals surface area (Å²) in [7, 11) is 62.9. The first-order valence-electron chi connectivity index (χ1n) is 16.6. The summed E-state index contributed by atoms with van der Waals surface area (Å²) in [6, 6.07) is 26.7. The minimum Gasteiger partial charge on any atom is -0.456 e. The molecule has 0 N–H and O–H groups in total. The Balaban J connectivity index is 1.24. The smallest absolute Gasteiger partial charge is 0.164 e. The molecule has 0 bridgehead atoms. The van der Waals surface area contributed by atoms with Crippen molar-refractivity contribution in [3.05, 3.63) is 78.9 Å². The van der Waals surface area contributed by atoms with Gasteiger partial charge in [-0.15, -0.1) is 44.1 Å². The van der Waals surface area contributed by atoms with E-state index in [2.05, 4.69) is 65.6 Å². The van der Waals surface area contributed by atoms with Crippen molar-refractivity contribution >= 4 is 187 Å². The molecule has 15 heteroatoms. The van der Waals surface area contributed by atoms with Crippen LogP contribution in [0.15, 0.2) is 83.3 Å². The van der Waals surface area contributed by atoms with E-state index < -0.39 is 0 Å². The number of aromatic nitrogens is 3. The quantitative estimate of drug-likeness (QED) is 0.219. The van der Waals surface area contributed by atoms with Crippen LogP contribution >= 0.6 is 11.3 Å². The van der Waals surface area contributed by atoms with E-state index in [-0.39, 0.29) is 83.2 Å². The minimum atomic E-state index is 0.0216. The van der Waals surface area contributed by atoms with Crippen molar-refractivity contribution in [3.8, 4) is 45.3 Å². The van der Waals surface area contributed by atoms with Gasteiger partial charge in [0, 0.05) is 47.6 Å². The van der Waals surface area contributed by atoms with E-state index in [4.69, 9.17) is 92.8 Å². The van der Waals surface area contributed by atoms with Gasteiger partial charge in [-0.05, 0) is 47.5 Å². The topological polar surface area (TPSA) is 51.8 Å². The van der Waals surface area contributed by atoms with Gasteiger partial charge in [0.25, 0.3) is 0 Å². The lowest BCUT2D eigenvalue weighted by Gasteiger charge is -2.22. The maximum atomic E-state index is 6.46. The highest BCUT2D eigenvalue weighted by atomic mass is 32.1. The minimum absolute atomic E-state index is 0.0216. The Morgan fingerprint density at radius 2 is 0.944 bits per heavy atom. The zero-order valence-corrected chi connectivity index (χ0v) is 29.3. The molecule has 6 aromatic carbocycles. The number of hydrogen-bond donors (Lipinski definition) is 0. The molecule has 0 saturated heterocycles. The molecule has 0 spiro atoms. The molecule has 3 heterocycles. The van der Waals surface area contributed by atoms with Crippen LogP contribution in [0.1, 0.15) is 0 Å². The first-order valence-corrected chi connectivity index (χ1v) is 17.4. The van der Waals surface area contributed by atoms with Crippen molar-refractivity contribution in [3.63, 3.8) is 0 Å². The summed E-state index contributed by atoms with van der Waals surface area (Å²) >= 11 is 1.78. The predicted molar refractivity (Wildman–Crippen MR) is 236 cm³/mol. The second-order valence-corrected chi connectivity index (χ2v) is 14.0. The third kappa shape index (κ3) is 5.22. The van der Waals surface area contributed by atoms with Gasteiger partial charge in [-0.1, -0.05) is 64.3 Å². The highest BCUT2D eigenvalue weighted by Gasteiger charge is 2.22.